The van der Waals surface area contributed by atoms with Crippen molar-refractivity contribution in [3.63, 3.8) is 0 Å². The van der Waals surface area contributed by atoms with Crippen LogP contribution in [0.2, 0.25) is 0 Å². The molecule has 1 N–H and O–H groups in total. The molecule has 162 valence electrons. The second-order valence-electron chi connectivity index (χ2n) is 7.38. The molecule has 0 aliphatic heterocycles. The number of methoxy groups -OCH3 is 1. The summed E-state index contributed by atoms with van der Waals surface area (Å²) < 4.78 is 7.30. The first-order valence-corrected chi connectivity index (χ1v) is 10.7. The molecule has 0 unspecified atom stereocenters. The second-order valence-corrected chi connectivity index (χ2v) is 8.32. The van der Waals surface area contributed by atoms with E-state index in [0.717, 1.165) is 22.0 Å². The van der Waals surface area contributed by atoms with Crippen LogP contribution < -0.4 is 10.1 Å². The minimum absolute atomic E-state index is 0.150. The number of carbonyl (C=O) groups excluding carboxylic acids is 2. The zero-order valence-corrected chi connectivity index (χ0v) is 19.1. The Bertz CT molecular complexity index is 1090. The number of hydrogen-bond acceptors (Lipinski definition) is 5. The second kappa shape index (κ2) is 9.70. The third-order valence-corrected chi connectivity index (χ3v) is 5.52. The summed E-state index contributed by atoms with van der Waals surface area (Å²) in [5.41, 5.74) is 4.26. The molecule has 0 aliphatic rings. The number of ether oxygens (including phenoxy) is 1. The van der Waals surface area contributed by atoms with Gasteiger partial charge in [-0.3, -0.25) is 14.2 Å². The SMILES string of the molecule is COc1ccc(C(=O)N(C)C)cc1NC(=O)CSc1nccn1-c1cc(C)cc(C)c1. The summed E-state index contributed by atoms with van der Waals surface area (Å²) in [6.07, 6.45) is 3.60. The van der Waals surface area contributed by atoms with Gasteiger partial charge >= 0.3 is 0 Å². The van der Waals surface area contributed by atoms with Crippen LogP contribution in [0.15, 0.2) is 53.9 Å². The van der Waals surface area contributed by atoms with E-state index in [2.05, 4.69) is 42.3 Å². The predicted molar refractivity (Wildman–Crippen MR) is 123 cm³/mol. The Labute approximate surface area is 186 Å². The highest BCUT2D eigenvalue weighted by Crippen LogP contribution is 2.27. The zero-order chi connectivity index (χ0) is 22.5. The highest BCUT2D eigenvalue weighted by Gasteiger charge is 2.15. The van der Waals surface area contributed by atoms with Crippen LogP contribution in [0, 0.1) is 13.8 Å². The summed E-state index contributed by atoms with van der Waals surface area (Å²) in [5.74, 6) is 0.290. The maximum absolute atomic E-state index is 12.6. The summed E-state index contributed by atoms with van der Waals surface area (Å²) in [5, 5.41) is 3.57. The van der Waals surface area contributed by atoms with Crippen LogP contribution in [-0.4, -0.2) is 53.2 Å². The van der Waals surface area contributed by atoms with E-state index in [1.54, 1.807) is 38.5 Å². The molecule has 2 amide bonds. The third kappa shape index (κ3) is 5.46. The van der Waals surface area contributed by atoms with Crippen molar-refractivity contribution in [3.8, 4) is 11.4 Å². The molecule has 0 bridgehead atoms. The quantitative estimate of drug-likeness (QED) is 0.566. The first kappa shape index (κ1) is 22.4. The van der Waals surface area contributed by atoms with E-state index in [4.69, 9.17) is 4.74 Å². The summed E-state index contributed by atoms with van der Waals surface area (Å²) in [6.45, 7) is 4.10. The lowest BCUT2D eigenvalue weighted by molar-refractivity contribution is -0.113. The Morgan fingerprint density at radius 3 is 2.48 bits per heavy atom. The standard InChI is InChI=1S/C23H26N4O3S/c1-15-10-16(2)12-18(11-15)27-9-8-24-23(27)31-14-21(28)25-19-13-17(22(29)26(3)4)6-7-20(19)30-5/h6-13H,14H2,1-5H3,(H,25,28). The van der Waals surface area contributed by atoms with Gasteiger partial charge in [-0.15, -0.1) is 0 Å². The van der Waals surface area contributed by atoms with Crippen molar-refractivity contribution < 1.29 is 14.3 Å². The lowest BCUT2D eigenvalue weighted by Crippen LogP contribution is -2.22. The van der Waals surface area contributed by atoms with Gasteiger partial charge in [0.1, 0.15) is 5.75 Å². The number of imidazole rings is 1. The van der Waals surface area contributed by atoms with Gasteiger partial charge in [0.25, 0.3) is 5.91 Å². The van der Waals surface area contributed by atoms with Gasteiger partial charge in [-0.25, -0.2) is 4.98 Å². The van der Waals surface area contributed by atoms with Crippen molar-refractivity contribution in [2.24, 2.45) is 0 Å². The molecule has 2 aromatic carbocycles. The Morgan fingerprint density at radius 2 is 1.84 bits per heavy atom. The number of rotatable bonds is 7. The number of carbonyl (C=O) groups is 2. The van der Waals surface area contributed by atoms with Crippen molar-refractivity contribution in [2.75, 3.05) is 32.3 Å². The van der Waals surface area contributed by atoms with E-state index >= 15 is 0 Å². The lowest BCUT2D eigenvalue weighted by atomic mass is 10.1. The molecule has 0 aliphatic carbocycles. The Hall–Kier alpha value is -3.26. The van der Waals surface area contributed by atoms with E-state index in [9.17, 15) is 9.59 Å². The first-order chi connectivity index (χ1) is 14.8. The van der Waals surface area contributed by atoms with Crippen molar-refractivity contribution in [1.82, 2.24) is 14.5 Å². The Morgan fingerprint density at radius 1 is 1.13 bits per heavy atom. The molecule has 3 aromatic rings. The van der Waals surface area contributed by atoms with Crippen LogP contribution in [0.1, 0.15) is 21.5 Å². The number of benzene rings is 2. The average Bonchev–Trinajstić information content (AvgIpc) is 3.19. The van der Waals surface area contributed by atoms with Crippen LogP contribution >= 0.6 is 11.8 Å². The van der Waals surface area contributed by atoms with Gasteiger partial charge in [-0.2, -0.15) is 0 Å². The van der Waals surface area contributed by atoms with Crippen LogP contribution in [0.25, 0.3) is 5.69 Å². The molecule has 1 heterocycles. The molecule has 8 heteroatoms. The largest absolute Gasteiger partial charge is 0.495 e. The topological polar surface area (TPSA) is 76.5 Å². The third-order valence-electron chi connectivity index (χ3n) is 4.55. The van der Waals surface area contributed by atoms with Crippen molar-refractivity contribution in [1.29, 1.82) is 0 Å². The number of amides is 2. The average molecular weight is 439 g/mol. The fourth-order valence-corrected chi connectivity index (χ4v) is 3.97. The van der Waals surface area contributed by atoms with Gasteiger partial charge in [0.2, 0.25) is 5.91 Å². The van der Waals surface area contributed by atoms with E-state index in [-0.39, 0.29) is 17.6 Å². The predicted octanol–water partition coefficient (Wildman–Crippen LogP) is 3.93. The molecule has 31 heavy (non-hydrogen) atoms. The van der Waals surface area contributed by atoms with Gasteiger partial charge < -0.3 is 15.0 Å². The lowest BCUT2D eigenvalue weighted by Gasteiger charge is -2.14. The van der Waals surface area contributed by atoms with Crippen LogP contribution in [0.3, 0.4) is 0 Å². The van der Waals surface area contributed by atoms with Gasteiger partial charge in [0, 0.05) is 37.7 Å². The molecule has 0 radical (unpaired) electrons. The molecule has 0 spiro atoms. The highest BCUT2D eigenvalue weighted by molar-refractivity contribution is 7.99. The van der Waals surface area contributed by atoms with Crippen LogP contribution in [0.5, 0.6) is 5.75 Å². The molecule has 1 aromatic heterocycles. The summed E-state index contributed by atoms with van der Waals surface area (Å²) in [6, 6.07) is 11.2. The fourth-order valence-electron chi connectivity index (χ4n) is 3.20. The maximum atomic E-state index is 12.6. The van der Waals surface area contributed by atoms with E-state index in [1.807, 2.05) is 10.8 Å². The van der Waals surface area contributed by atoms with Gasteiger partial charge in [0.05, 0.1) is 18.6 Å². The molecule has 0 atom stereocenters. The van der Waals surface area contributed by atoms with Gasteiger partial charge in [-0.1, -0.05) is 17.8 Å². The number of aromatic nitrogens is 2. The number of anilines is 1. The molecular formula is C23H26N4O3S. The number of nitrogens with one attached hydrogen (secondary N) is 1. The summed E-state index contributed by atoms with van der Waals surface area (Å²) in [7, 11) is 4.88. The zero-order valence-electron chi connectivity index (χ0n) is 18.3. The van der Waals surface area contributed by atoms with E-state index in [1.165, 1.54) is 23.8 Å². The normalized spacial score (nSPS) is 10.6. The van der Waals surface area contributed by atoms with Crippen LogP contribution in [0.4, 0.5) is 5.69 Å². The van der Waals surface area contributed by atoms with Gasteiger partial charge in [-0.05, 0) is 55.3 Å². The number of hydrogen-bond donors (Lipinski definition) is 1. The molecular weight excluding hydrogens is 412 g/mol. The van der Waals surface area contributed by atoms with Crippen LogP contribution in [-0.2, 0) is 4.79 Å². The minimum atomic E-state index is -0.215. The molecule has 0 fully saturated rings. The maximum Gasteiger partial charge on any atom is 0.253 e. The molecule has 7 nitrogen and oxygen atoms in total. The number of nitrogens with zero attached hydrogens (tertiary/aromatic N) is 3. The van der Waals surface area contributed by atoms with E-state index in [0.29, 0.717) is 17.0 Å². The minimum Gasteiger partial charge on any atom is -0.495 e. The Kier molecular flexibility index (Phi) is 7.02. The smallest absolute Gasteiger partial charge is 0.253 e. The molecule has 0 saturated heterocycles. The number of thioether (sulfide) groups is 1. The summed E-state index contributed by atoms with van der Waals surface area (Å²) >= 11 is 1.34. The highest BCUT2D eigenvalue weighted by atomic mass is 32.2. The first-order valence-electron chi connectivity index (χ1n) is 9.73. The molecule has 0 saturated carbocycles. The van der Waals surface area contributed by atoms with Crippen molar-refractivity contribution in [3.05, 3.63) is 65.5 Å². The summed E-state index contributed by atoms with van der Waals surface area (Å²) in [4.78, 5) is 30.7. The van der Waals surface area contributed by atoms with E-state index < -0.39 is 0 Å². The monoisotopic (exact) mass is 438 g/mol. The Balaban J connectivity index is 1.72. The van der Waals surface area contributed by atoms with Crippen molar-refractivity contribution >= 4 is 29.3 Å². The van der Waals surface area contributed by atoms with Crippen molar-refractivity contribution in [2.45, 2.75) is 19.0 Å². The van der Waals surface area contributed by atoms with Gasteiger partial charge in [0.15, 0.2) is 5.16 Å². The fraction of sp³-hybridized carbons (Fsp3) is 0.261. The number of aryl methyl sites for hydroxylation is 2. The molecule has 3 rings (SSSR count).